The first kappa shape index (κ1) is 31.8. The van der Waals surface area contributed by atoms with Crippen molar-refractivity contribution in [3.63, 3.8) is 0 Å². The van der Waals surface area contributed by atoms with E-state index in [4.69, 9.17) is 16.6 Å². The van der Waals surface area contributed by atoms with Gasteiger partial charge in [-0.05, 0) is 31.1 Å². The molecular weight excluding hydrogens is 462 g/mol. The first-order valence-corrected chi connectivity index (χ1v) is 11.6. The van der Waals surface area contributed by atoms with Gasteiger partial charge >= 0.3 is 11.9 Å². The second-order valence-electron chi connectivity index (χ2n) is 9.01. The van der Waals surface area contributed by atoms with Crippen LogP contribution < -0.4 is 27.4 Å². The van der Waals surface area contributed by atoms with Crippen LogP contribution in [0.2, 0.25) is 0 Å². The molecule has 0 radical (unpaired) electrons. The fraction of sp³-hybridized carbons (Fsp3) is 0.727. The number of nitrogens with one attached hydrogen (secondary N) is 3. The van der Waals surface area contributed by atoms with Crippen LogP contribution in [0.3, 0.4) is 0 Å². The van der Waals surface area contributed by atoms with Gasteiger partial charge in [0.1, 0.15) is 18.1 Å². The number of amides is 4. The lowest BCUT2D eigenvalue weighted by Crippen LogP contribution is -2.58. The molecule has 0 saturated carbocycles. The van der Waals surface area contributed by atoms with Crippen molar-refractivity contribution in [2.45, 2.75) is 90.4 Å². The lowest BCUT2D eigenvalue weighted by atomic mass is 9.96. The van der Waals surface area contributed by atoms with Crippen molar-refractivity contribution in [2.24, 2.45) is 23.3 Å². The zero-order chi connectivity index (χ0) is 27.3. The van der Waals surface area contributed by atoms with E-state index in [1.807, 2.05) is 13.8 Å². The Morgan fingerprint density at radius 2 is 1.37 bits per heavy atom. The normalized spacial score (nSPS) is 15.3. The van der Waals surface area contributed by atoms with Gasteiger partial charge in [0.05, 0.1) is 6.04 Å². The number of rotatable bonds is 17. The van der Waals surface area contributed by atoms with E-state index in [-0.39, 0.29) is 38.0 Å². The predicted octanol–water partition coefficient (Wildman–Crippen LogP) is -0.925. The molecule has 13 nitrogen and oxygen atoms in total. The molecule has 9 N–H and O–H groups in total. The Morgan fingerprint density at radius 3 is 1.83 bits per heavy atom. The largest absolute Gasteiger partial charge is 0.481 e. The molecule has 5 unspecified atom stereocenters. The predicted molar refractivity (Wildman–Crippen MR) is 126 cm³/mol. The average molecular weight is 502 g/mol. The third-order valence-corrected chi connectivity index (χ3v) is 5.43. The van der Waals surface area contributed by atoms with Gasteiger partial charge in [0.15, 0.2) is 0 Å². The Kier molecular flexibility index (Phi) is 14.2. The van der Waals surface area contributed by atoms with Crippen molar-refractivity contribution in [2.75, 3.05) is 0 Å². The summed E-state index contributed by atoms with van der Waals surface area (Å²) in [5, 5.41) is 25.6. The highest BCUT2D eigenvalue weighted by atomic mass is 16.4. The number of aliphatic carboxylic acids is 2. The molecule has 4 amide bonds. The topological polar surface area (TPSA) is 231 Å². The summed E-state index contributed by atoms with van der Waals surface area (Å²) < 4.78 is 0. The molecule has 0 bridgehead atoms. The minimum Gasteiger partial charge on any atom is -0.481 e. The van der Waals surface area contributed by atoms with E-state index >= 15 is 0 Å². The molecule has 0 rings (SSSR count). The number of carbonyl (C=O) groups excluding carboxylic acids is 4. The summed E-state index contributed by atoms with van der Waals surface area (Å²) in [5.41, 5.74) is 10.9. The van der Waals surface area contributed by atoms with Crippen LogP contribution in [0.1, 0.15) is 66.2 Å². The molecule has 200 valence electrons. The summed E-state index contributed by atoms with van der Waals surface area (Å²) in [6.45, 7) is 7.10. The Labute approximate surface area is 204 Å². The van der Waals surface area contributed by atoms with Crippen LogP contribution in [0.15, 0.2) is 0 Å². The Hall–Kier alpha value is -3.22. The van der Waals surface area contributed by atoms with E-state index in [0.29, 0.717) is 6.42 Å². The third-order valence-electron chi connectivity index (χ3n) is 5.43. The summed E-state index contributed by atoms with van der Waals surface area (Å²) in [7, 11) is 0. The maximum absolute atomic E-state index is 13.0. The van der Waals surface area contributed by atoms with Crippen LogP contribution in [0, 0.1) is 11.8 Å². The van der Waals surface area contributed by atoms with E-state index in [1.54, 1.807) is 13.8 Å². The number of primary amides is 1. The van der Waals surface area contributed by atoms with Crippen molar-refractivity contribution in [1.82, 2.24) is 16.0 Å². The van der Waals surface area contributed by atoms with Crippen LogP contribution in [-0.2, 0) is 28.8 Å². The summed E-state index contributed by atoms with van der Waals surface area (Å²) in [4.78, 5) is 71.8. The lowest BCUT2D eigenvalue weighted by molar-refractivity contribution is -0.143. The van der Waals surface area contributed by atoms with Crippen molar-refractivity contribution < 1.29 is 39.0 Å². The van der Waals surface area contributed by atoms with Gasteiger partial charge in [-0.15, -0.1) is 0 Å². The highest BCUT2D eigenvalue weighted by molar-refractivity contribution is 5.94. The van der Waals surface area contributed by atoms with Crippen molar-refractivity contribution in [1.29, 1.82) is 0 Å². The van der Waals surface area contributed by atoms with E-state index in [9.17, 15) is 33.9 Å². The number of carboxylic acids is 2. The quantitative estimate of drug-likeness (QED) is 0.130. The van der Waals surface area contributed by atoms with Crippen LogP contribution in [0.5, 0.6) is 0 Å². The van der Waals surface area contributed by atoms with Gasteiger partial charge in [-0.25, -0.2) is 4.79 Å². The molecule has 13 heteroatoms. The van der Waals surface area contributed by atoms with Gasteiger partial charge in [-0.2, -0.15) is 0 Å². The molecule has 0 aromatic rings. The standard InChI is InChI=1S/C22H39N5O8/c1-5-12(4)18(21(33)26-15(22(34)35)10-11(2)3)27-20(32)14(7-8-16(24)28)25-19(31)13(23)6-9-17(29)30/h11-15,18H,5-10,23H2,1-4H3,(H2,24,28)(H,25,31)(H,26,33)(H,27,32)(H,29,30)(H,34,35). The fourth-order valence-corrected chi connectivity index (χ4v) is 3.15. The number of carbonyl (C=O) groups is 6. The van der Waals surface area contributed by atoms with E-state index in [0.717, 1.165) is 0 Å². The molecule has 0 heterocycles. The SMILES string of the molecule is CCC(C)C(NC(=O)C(CCC(N)=O)NC(=O)C(N)CCC(=O)O)C(=O)NC(CC(C)C)C(=O)O. The summed E-state index contributed by atoms with van der Waals surface area (Å²) in [5.74, 6) is -5.76. The lowest BCUT2D eigenvalue weighted by Gasteiger charge is -2.28. The minimum atomic E-state index is -1.28. The summed E-state index contributed by atoms with van der Waals surface area (Å²) >= 11 is 0. The van der Waals surface area contributed by atoms with Gasteiger partial charge in [-0.1, -0.05) is 34.1 Å². The van der Waals surface area contributed by atoms with Gasteiger partial charge < -0.3 is 37.6 Å². The third kappa shape index (κ3) is 12.7. The van der Waals surface area contributed by atoms with Gasteiger partial charge in [-0.3, -0.25) is 24.0 Å². The zero-order valence-electron chi connectivity index (χ0n) is 20.7. The van der Waals surface area contributed by atoms with Crippen LogP contribution >= 0.6 is 0 Å². The molecule has 0 aliphatic rings. The van der Waals surface area contributed by atoms with Crippen molar-refractivity contribution in [3.05, 3.63) is 0 Å². The van der Waals surface area contributed by atoms with Gasteiger partial charge in [0.25, 0.3) is 0 Å². The average Bonchev–Trinajstić information content (AvgIpc) is 2.76. The van der Waals surface area contributed by atoms with Crippen molar-refractivity contribution in [3.8, 4) is 0 Å². The van der Waals surface area contributed by atoms with Gasteiger partial charge in [0, 0.05) is 12.8 Å². The van der Waals surface area contributed by atoms with E-state index in [1.165, 1.54) is 0 Å². The first-order chi connectivity index (χ1) is 16.2. The van der Waals surface area contributed by atoms with Gasteiger partial charge in [0.2, 0.25) is 23.6 Å². The highest BCUT2D eigenvalue weighted by Crippen LogP contribution is 2.12. The number of nitrogens with two attached hydrogens (primary N) is 2. The molecule has 35 heavy (non-hydrogen) atoms. The fourth-order valence-electron chi connectivity index (χ4n) is 3.15. The molecule has 0 aromatic heterocycles. The van der Waals surface area contributed by atoms with E-state index in [2.05, 4.69) is 16.0 Å². The Bertz CT molecular complexity index is 773. The number of carboxylic acid groups (broad SMARTS) is 2. The smallest absolute Gasteiger partial charge is 0.326 e. The molecule has 0 spiro atoms. The molecule has 0 fully saturated rings. The summed E-state index contributed by atoms with van der Waals surface area (Å²) in [6, 6.07) is -4.76. The first-order valence-electron chi connectivity index (χ1n) is 11.6. The highest BCUT2D eigenvalue weighted by Gasteiger charge is 2.33. The maximum atomic E-state index is 13.0. The zero-order valence-corrected chi connectivity index (χ0v) is 20.7. The monoisotopic (exact) mass is 501 g/mol. The minimum absolute atomic E-state index is 0.00762. The Morgan fingerprint density at radius 1 is 0.800 bits per heavy atom. The number of hydrogen-bond acceptors (Lipinski definition) is 7. The maximum Gasteiger partial charge on any atom is 0.326 e. The van der Waals surface area contributed by atoms with Crippen molar-refractivity contribution >= 4 is 35.6 Å². The van der Waals surface area contributed by atoms with Crippen LogP contribution in [0.4, 0.5) is 0 Å². The molecule has 0 aliphatic heterocycles. The number of hydrogen-bond donors (Lipinski definition) is 7. The molecule has 0 aromatic carbocycles. The molecule has 5 atom stereocenters. The second kappa shape index (κ2) is 15.6. The van der Waals surface area contributed by atoms with Crippen LogP contribution in [0.25, 0.3) is 0 Å². The summed E-state index contributed by atoms with van der Waals surface area (Å²) in [6.07, 6.45) is -0.302. The molecule has 0 saturated heterocycles. The second-order valence-corrected chi connectivity index (χ2v) is 9.01. The Balaban J connectivity index is 5.60. The van der Waals surface area contributed by atoms with E-state index < -0.39 is 65.7 Å². The molecule has 0 aliphatic carbocycles. The van der Waals surface area contributed by atoms with Crippen LogP contribution in [-0.4, -0.2) is 69.9 Å². The molecular formula is C22H39N5O8.